The van der Waals surface area contributed by atoms with Crippen LogP contribution in [0.25, 0.3) is 0 Å². The van der Waals surface area contributed by atoms with Crippen LogP contribution in [0, 0.1) is 27.2 Å². The number of para-hydroxylation sites is 2. The minimum absolute atomic E-state index is 0.0376. The molecule has 0 N–H and O–H groups in total. The van der Waals surface area contributed by atoms with E-state index in [1.54, 1.807) is 13.0 Å². The van der Waals surface area contributed by atoms with Crippen molar-refractivity contribution in [3.8, 4) is 11.5 Å². The summed E-state index contributed by atoms with van der Waals surface area (Å²) in [4.78, 5) is 20.6. The zero-order valence-electron chi connectivity index (χ0n) is 10.5. The van der Waals surface area contributed by atoms with Crippen LogP contribution < -0.4 is 4.74 Å². The number of hydrogen-bond donors (Lipinski definition) is 0. The Morgan fingerprint density at radius 2 is 1.60 bits per heavy atom. The molecular formula is C13H10N2O5. The van der Waals surface area contributed by atoms with E-state index in [2.05, 4.69) is 0 Å². The summed E-state index contributed by atoms with van der Waals surface area (Å²) in [6, 6.07) is 10.1. The van der Waals surface area contributed by atoms with E-state index in [9.17, 15) is 20.2 Å². The monoisotopic (exact) mass is 274 g/mol. The molecule has 0 fully saturated rings. The quantitative estimate of drug-likeness (QED) is 0.626. The van der Waals surface area contributed by atoms with Crippen LogP contribution in [-0.2, 0) is 0 Å². The fourth-order valence-electron chi connectivity index (χ4n) is 1.67. The van der Waals surface area contributed by atoms with Crippen LogP contribution in [-0.4, -0.2) is 9.85 Å². The molecule has 2 aromatic rings. The van der Waals surface area contributed by atoms with Gasteiger partial charge in [-0.05, 0) is 25.1 Å². The van der Waals surface area contributed by atoms with Gasteiger partial charge in [0.2, 0.25) is 5.75 Å². The van der Waals surface area contributed by atoms with E-state index in [-0.39, 0.29) is 22.9 Å². The first-order valence-corrected chi connectivity index (χ1v) is 5.65. The first kappa shape index (κ1) is 13.5. The van der Waals surface area contributed by atoms with Gasteiger partial charge >= 0.3 is 5.69 Å². The third-order valence-corrected chi connectivity index (χ3v) is 2.67. The zero-order valence-corrected chi connectivity index (χ0v) is 10.5. The molecule has 0 atom stereocenters. The number of nitro benzene ring substituents is 2. The molecule has 0 radical (unpaired) electrons. The van der Waals surface area contributed by atoms with Crippen LogP contribution >= 0.6 is 0 Å². The Bertz CT molecular complexity index is 684. The lowest BCUT2D eigenvalue weighted by Crippen LogP contribution is -1.95. The lowest BCUT2D eigenvalue weighted by Gasteiger charge is -2.06. The van der Waals surface area contributed by atoms with Crippen LogP contribution in [0.1, 0.15) is 5.56 Å². The largest absolute Gasteiger partial charge is 0.450 e. The summed E-state index contributed by atoms with van der Waals surface area (Å²) in [5, 5.41) is 21.7. The lowest BCUT2D eigenvalue weighted by atomic mass is 10.2. The van der Waals surface area contributed by atoms with Crippen molar-refractivity contribution in [2.24, 2.45) is 0 Å². The first-order chi connectivity index (χ1) is 9.49. The summed E-state index contributed by atoms with van der Waals surface area (Å²) in [7, 11) is 0. The van der Waals surface area contributed by atoms with E-state index in [4.69, 9.17) is 4.74 Å². The highest BCUT2D eigenvalue weighted by Crippen LogP contribution is 2.33. The molecule has 2 aromatic carbocycles. The smallest absolute Gasteiger partial charge is 0.311 e. The van der Waals surface area contributed by atoms with E-state index in [1.165, 1.54) is 36.4 Å². The van der Waals surface area contributed by atoms with Gasteiger partial charge < -0.3 is 4.74 Å². The van der Waals surface area contributed by atoms with E-state index in [1.807, 2.05) is 0 Å². The van der Waals surface area contributed by atoms with Crippen molar-refractivity contribution in [1.82, 2.24) is 0 Å². The standard InChI is InChI=1S/C13H10N2O5/c1-9-6-7-10(8-12(9)15(18)19)20-13-5-3-2-4-11(13)14(16)17/h2-8H,1H3. The number of rotatable bonds is 4. The molecule has 2 rings (SSSR count). The molecule has 0 spiro atoms. The summed E-state index contributed by atoms with van der Waals surface area (Å²) < 4.78 is 5.37. The molecule has 0 aromatic heterocycles. The molecule has 0 heterocycles. The number of aryl methyl sites for hydroxylation is 1. The second kappa shape index (κ2) is 5.35. The summed E-state index contributed by atoms with van der Waals surface area (Å²) in [5.74, 6) is 0.215. The van der Waals surface area contributed by atoms with Crippen LogP contribution in [0.15, 0.2) is 42.5 Å². The van der Waals surface area contributed by atoms with E-state index >= 15 is 0 Å². The topological polar surface area (TPSA) is 95.5 Å². The maximum absolute atomic E-state index is 10.9. The molecule has 0 aliphatic carbocycles. The van der Waals surface area contributed by atoms with Gasteiger partial charge in [0.15, 0.2) is 0 Å². The van der Waals surface area contributed by atoms with Gasteiger partial charge in [0.25, 0.3) is 5.69 Å². The van der Waals surface area contributed by atoms with Crippen molar-refractivity contribution in [3.05, 3.63) is 68.3 Å². The number of ether oxygens (including phenoxy) is 1. The predicted octanol–water partition coefficient (Wildman–Crippen LogP) is 3.60. The van der Waals surface area contributed by atoms with E-state index in [0.29, 0.717) is 5.56 Å². The number of nitrogens with zero attached hydrogens (tertiary/aromatic N) is 2. The number of benzene rings is 2. The van der Waals surface area contributed by atoms with E-state index in [0.717, 1.165) is 0 Å². The Morgan fingerprint density at radius 3 is 2.25 bits per heavy atom. The molecular weight excluding hydrogens is 264 g/mol. The third-order valence-electron chi connectivity index (χ3n) is 2.67. The Hall–Kier alpha value is -2.96. The molecule has 7 nitrogen and oxygen atoms in total. The highest BCUT2D eigenvalue weighted by molar-refractivity contribution is 5.51. The van der Waals surface area contributed by atoms with Gasteiger partial charge in [-0.3, -0.25) is 20.2 Å². The highest BCUT2D eigenvalue weighted by Gasteiger charge is 2.17. The van der Waals surface area contributed by atoms with Crippen LogP contribution in [0.3, 0.4) is 0 Å². The molecule has 7 heteroatoms. The molecule has 0 bridgehead atoms. The Labute approximate surface area is 113 Å². The van der Waals surface area contributed by atoms with Gasteiger partial charge in [0.1, 0.15) is 5.75 Å². The van der Waals surface area contributed by atoms with Gasteiger partial charge in [-0.25, -0.2) is 0 Å². The highest BCUT2D eigenvalue weighted by atomic mass is 16.6. The Kier molecular flexibility index (Phi) is 3.60. The van der Waals surface area contributed by atoms with Gasteiger partial charge in [-0.2, -0.15) is 0 Å². The summed E-state index contributed by atoms with van der Waals surface area (Å²) in [6.45, 7) is 1.60. The minimum atomic E-state index is -0.571. The number of hydrogen-bond acceptors (Lipinski definition) is 5. The third kappa shape index (κ3) is 2.72. The second-order valence-corrected chi connectivity index (χ2v) is 4.03. The van der Waals surface area contributed by atoms with Crippen LogP contribution in [0.5, 0.6) is 11.5 Å². The first-order valence-electron chi connectivity index (χ1n) is 5.65. The fourth-order valence-corrected chi connectivity index (χ4v) is 1.67. The summed E-state index contributed by atoms with van der Waals surface area (Å²) in [5.41, 5.74) is 0.196. The maximum Gasteiger partial charge on any atom is 0.311 e. The second-order valence-electron chi connectivity index (χ2n) is 4.03. The summed E-state index contributed by atoms with van der Waals surface area (Å²) >= 11 is 0. The number of nitro groups is 2. The minimum Gasteiger partial charge on any atom is -0.450 e. The van der Waals surface area contributed by atoms with Crippen LogP contribution in [0.2, 0.25) is 0 Å². The van der Waals surface area contributed by atoms with Crippen molar-refractivity contribution in [3.63, 3.8) is 0 Å². The van der Waals surface area contributed by atoms with Crippen LogP contribution in [0.4, 0.5) is 11.4 Å². The van der Waals surface area contributed by atoms with Gasteiger partial charge in [-0.1, -0.05) is 12.1 Å². The fraction of sp³-hybridized carbons (Fsp3) is 0.0769. The van der Waals surface area contributed by atoms with Crippen molar-refractivity contribution >= 4 is 11.4 Å². The molecule has 0 saturated heterocycles. The van der Waals surface area contributed by atoms with E-state index < -0.39 is 9.85 Å². The molecule has 0 aliphatic rings. The molecule has 102 valence electrons. The average Bonchev–Trinajstić information content (AvgIpc) is 2.41. The SMILES string of the molecule is Cc1ccc(Oc2ccccc2[N+](=O)[O-])cc1[N+](=O)[O-]. The van der Waals surface area contributed by atoms with Crippen molar-refractivity contribution < 1.29 is 14.6 Å². The van der Waals surface area contributed by atoms with Crippen molar-refractivity contribution in [2.75, 3.05) is 0 Å². The van der Waals surface area contributed by atoms with Crippen molar-refractivity contribution in [2.45, 2.75) is 6.92 Å². The molecule has 0 saturated carbocycles. The lowest BCUT2D eigenvalue weighted by molar-refractivity contribution is -0.386. The van der Waals surface area contributed by atoms with Gasteiger partial charge in [-0.15, -0.1) is 0 Å². The van der Waals surface area contributed by atoms with Crippen molar-refractivity contribution in [1.29, 1.82) is 0 Å². The zero-order chi connectivity index (χ0) is 14.7. The average molecular weight is 274 g/mol. The Balaban J connectivity index is 2.38. The molecule has 0 unspecified atom stereocenters. The normalized spacial score (nSPS) is 10.1. The Morgan fingerprint density at radius 1 is 0.950 bits per heavy atom. The van der Waals surface area contributed by atoms with Gasteiger partial charge in [0.05, 0.1) is 15.9 Å². The predicted molar refractivity (Wildman–Crippen MR) is 71.0 cm³/mol. The summed E-state index contributed by atoms with van der Waals surface area (Å²) in [6.07, 6.45) is 0. The van der Waals surface area contributed by atoms with Gasteiger partial charge in [0, 0.05) is 11.6 Å². The molecule has 20 heavy (non-hydrogen) atoms. The molecule has 0 amide bonds. The maximum atomic E-state index is 10.9. The molecule has 0 aliphatic heterocycles.